The molecule has 1 fully saturated rings. The number of hydrogen-bond donors (Lipinski definition) is 1. The quantitative estimate of drug-likeness (QED) is 0.409. The van der Waals surface area contributed by atoms with E-state index in [1.807, 2.05) is 24.3 Å². The monoisotopic (exact) mass is 393 g/mol. The molecule has 2 heterocycles. The van der Waals surface area contributed by atoms with Gasteiger partial charge in [-0.15, -0.1) is 0 Å². The van der Waals surface area contributed by atoms with Crippen LogP contribution in [0.5, 0.6) is 0 Å². The lowest BCUT2D eigenvalue weighted by Crippen LogP contribution is -2.54. The van der Waals surface area contributed by atoms with Gasteiger partial charge in [-0.05, 0) is 60.3 Å². The Morgan fingerprint density at radius 3 is 2.56 bits per heavy atom. The molecule has 7 heteroatoms. The summed E-state index contributed by atoms with van der Waals surface area (Å²) in [5.74, 6) is -1.02. The molecule has 0 radical (unpaired) electrons. The summed E-state index contributed by atoms with van der Waals surface area (Å²) in [5, 5.41) is 3.99. The van der Waals surface area contributed by atoms with Crippen molar-refractivity contribution in [2.24, 2.45) is 0 Å². The number of para-hydroxylation sites is 1. The fraction of sp³-hybridized carbons (Fsp3) is 0. The highest BCUT2D eigenvalue weighted by molar-refractivity contribution is 7.80. The lowest BCUT2D eigenvalue weighted by molar-refractivity contribution is -0.122. The Labute approximate surface area is 165 Å². The summed E-state index contributed by atoms with van der Waals surface area (Å²) in [5.41, 5.74) is 2.03. The second kappa shape index (κ2) is 6.90. The van der Waals surface area contributed by atoms with Gasteiger partial charge < -0.3 is 0 Å². The van der Waals surface area contributed by atoms with Crippen molar-refractivity contribution in [2.75, 3.05) is 4.90 Å². The van der Waals surface area contributed by atoms with Crippen LogP contribution in [0.25, 0.3) is 17.0 Å². The molecule has 2 amide bonds. The molecule has 0 saturated carbocycles. The van der Waals surface area contributed by atoms with Crippen LogP contribution < -0.4 is 10.2 Å². The van der Waals surface area contributed by atoms with Gasteiger partial charge in [0.15, 0.2) is 5.11 Å². The number of rotatable bonds is 2. The van der Waals surface area contributed by atoms with E-state index in [0.29, 0.717) is 10.7 Å². The number of hydrogen-bond acceptors (Lipinski definition) is 4. The van der Waals surface area contributed by atoms with E-state index in [0.717, 1.165) is 16.5 Å². The molecule has 1 saturated heterocycles. The number of fused-ring (bicyclic) bond motifs is 1. The first-order valence-corrected chi connectivity index (χ1v) is 8.84. The number of nitrogens with one attached hydrogen (secondary N) is 1. The van der Waals surface area contributed by atoms with Gasteiger partial charge in [0.25, 0.3) is 11.8 Å². The summed E-state index contributed by atoms with van der Waals surface area (Å²) < 4.78 is 0. The van der Waals surface area contributed by atoms with Crippen LogP contribution in [-0.4, -0.2) is 21.9 Å². The van der Waals surface area contributed by atoms with E-state index >= 15 is 0 Å². The predicted octanol–water partition coefficient (Wildman–Crippen LogP) is 3.72. The lowest BCUT2D eigenvalue weighted by Gasteiger charge is -2.29. The Balaban J connectivity index is 1.80. The van der Waals surface area contributed by atoms with Gasteiger partial charge in [-0.1, -0.05) is 29.8 Å². The van der Waals surface area contributed by atoms with Crippen molar-refractivity contribution in [3.63, 3.8) is 0 Å². The van der Waals surface area contributed by atoms with Gasteiger partial charge in [0, 0.05) is 16.6 Å². The summed E-state index contributed by atoms with van der Waals surface area (Å²) >= 11 is 11.1. The largest absolute Gasteiger partial charge is 0.298 e. The number of halogens is 1. The maximum absolute atomic E-state index is 13.0. The highest BCUT2D eigenvalue weighted by atomic mass is 35.5. The van der Waals surface area contributed by atoms with Crippen molar-refractivity contribution < 1.29 is 9.59 Å². The van der Waals surface area contributed by atoms with Crippen LogP contribution in [0.2, 0.25) is 5.02 Å². The SMILES string of the molecule is O=C1NC(=S)N(c2ccc(Cl)cc2)C(=O)/C1=C\c1ccnc2ccccc12. The Bertz CT molecular complexity index is 1120. The van der Waals surface area contributed by atoms with Crippen molar-refractivity contribution >= 4 is 63.4 Å². The van der Waals surface area contributed by atoms with Gasteiger partial charge in [0.2, 0.25) is 0 Å². The van der Waals surface area contributed by atoms with Crippen LogP contribution in [0.1, 0.15) is 5.56 Å². The fourth-order valence-electron chi connectivity index (χ4n) is 2.88. The maximum atomic E-state index is 13.0. The van der Waals surface area contributed by atoms with Crippen LogP contribution in [0.15, 0.2) is 66.4 Å². The molecule has 27 heavy (non-hydrogen) atoms. The molecule has 132 valence electrons. The third kappa shape index (κ3) is 3.20. The zero-order valence-electron chi connectivity index (χ0n) is 13.8. The molecule has 1 aliphatic rings. The maximum Gasteiger partial charge on any atom is 0.270 e. The number of thiocarbonyl (C=S) groups is 1. The highest BCUT2D eigenvalue weighted by Crippen LogP contribution is 2.25. The average Bonchev–Trinajstić information content (AvgIpc) is 2.66. The second-order valence-corrected chi connectivity index (χ2v) is 6.67. The number of nitrogens with zero attached hydrogens (tertiary/aromatic N) is 2. The van der Waals surface area contributed by atoms with Gasteiger partial charge in [0.1, 0.15) is 5.57 Å². The first kappa shape index (κ1) is 17.3. The minimum atomic E-state index is -0.531. The molecule has 2 aromatic carbocycles. The smallest absolute Gasteiger partial charge is 0.270 e. The van der Waals surface area contributed by atoms with Gasteiger partial charge in [0.05, 0.1) is 11.2 Å². The molecule has 1 N–H and O–H groups in total. The molecule has 3 aromatic rings. The molecular weight excluding hydrogens is 382 g/mol. The van der Waals surface area contributed by atoms with E-state index < -0.39 is 11.8 Å². The minimum absolute atomic E-state index is 0.00472. The Hall–Kier alpha value is -3.09. The zero-order valence-corrected chi connectivity index (χ0v) is 15.4. The summed E-state index contributed by atoms with van der Waals surface area (Å²) in [4.78, 5) is 31.0. The molecule has 0 unspecified atom stereocenters. The number of pyridine rings is 1. The standard InChI is InChI=1S/C20H12ClN3O2S/c21-13-5-7-14(8-6-13)24-19(26)16(18(25)23-20(24)27)11-12-9-10-22-17-4-2-1-3-15(12)17/h1-11H,(H,23,25,27)/b16-11-. The lowest BCUT2D eigenvalue weighted by atomic mass is 10.0. The number of anilines is 1. The van der Waals surface area contributed by atoms with Crippen LogP contribution in [-0.2, 0) is 9.59 Å². The molecule has 4 rings (SSSR count). The summed E-state index contributed by atoms with van der Waals surface area (Å²) in [7, 11) is 0. The third-order valence-corrected chi connectivity index (χ3v) is 4.71. The van der Waals surface area contributed by atoms with Crippen LogP contribution in [0.4, 0.5) is 5.69 Å². The molecule has 1 aliphatic heterocycles. The first-order valence-electron chi connectivity index (χ1n) is 8.05. The number of carbonyl (C=O) groups excluding carboxylic acids is 2. The van der Waals surface area contributed by atoms with Crippen molar-refractivity contribution in [1.29, 1.82) is 0 Å². The molecule has 0 bridgehead atoms. The van der Waals surface area contributed by atoms with E-state index in [2.05, 4.69) is 10.3 Å². The van der Waals surface area contributed by atoms with E-state index in [4.69, 9.17) is 23.8 Å². The summed E-state index contributed by atoms with van der Waals surface area (Å²) in [6.45, 7) is 0. The van der Waals surface area contributed by atoms with Crippen molar-refractivity contribution in [1.82, 2.24) is 10.3 Å². The van der Waals surface area contributed by atoms with Crippen LogP contribution in [0, 0.1) is 0 Å². The van der Waals surface area contributed by atoms with E-state index in [1.165, 1.54) is 4.90 Å². The predicted molar refractivity (Wildman–Crippen MR) is 109 cm³/mol. The Morgan fingerprint density at radius 1 is 1.04 bits per heavy atom. The van der Waals surface area contributed by atoms with E-state index in [1.54, 1.807) is 42.6 Å². The Morgan fingerprint density at radius 2 is 1.78 bits per heavy atom. The van der Waals surface area contributed by atoms with E-state index in [9.17, 15) is 9.59 Å². The summed E-state index contributed by atoms with van der Waals surface area (Å²) in [6, 6.07) is 15.9. The first-order chi connectivity index (χ1) is 13.0. The number of carbonyl (C=O) groups is 2. The van der Waals surface area contributed by atoms with Gasteiger partial charge in [-0.25, -0.2) is 0 Å². The van der Waals surface area contributed by atoms with Crippen LogP contribution >= 0.6 is 23.8 Å². The average molecular weight is 394 g/mol. The van der Waals surface area contributed by atoms with Crippen molar-refractivity contribution in [2.45, 2.75) is 0 Å². The molecule has 0 aliphatic carbocycles. The molecule has 5 nitrogen and oxygen atoms in total. The van der Waals surface area contributed by atoms with Crippen molar-refractivity contribution in [3.05, 3.63) is 77.0 Å². The normalized spacial score (nSPS) is 16.1. The number of benzene rings is 2. The zero-order chi connectivity index (χ0) is 19.0. The molecular formula is C20H12ClN3O2S. The summed E-state index contributed by atoms with van der Waals surface area (Å²) in [6.07, 6.45) is 3.20. The van der Waals surface area contributed by atoms with Gasteiger partial charge in [-0.2, -0.15) is 0 Å². The number of aromatic nitrogens is 1. The highest BCUT2D eigenvalue weighted by Gasteiger charge is 2.34. The third-order valence-electron chi connectivity index (χ3n) is 4.17. The van der Waals surface area contributed by atoms with E-state index in [-0.39, 0.29) is 10.7 Å². The minimum Gasteiger partial charge on any atom is -0.298 e. The number of amides is 2. The topological polar surface area (TPSA) is 62.3 Å². The van der Waals surface area contributed by atoms with Crippen LogP contribution in [0.3, 0.4) is 0 Å². The van der Waals surface area contributed by atoms with Crippen molar-refractivity contribution in [3.8, 4) is 0 Å². The molecule has 1 aromatic heterocycles. The Kier molecular flexibility index (Phi) is 4.43. The molecule has 0 atom stereocenters. The van der Waals surface area contributed by atoms with Gasteiger partial charge in [-0.3, -0.25) is 24.8 Å². The second-order valence-electron chi connectivity index (χ2n) is 5.85. The molecule has 0 spiro atoms. The van der Waals surface area contributed by atoms with Gasteiger partial charge >= 0.3 is 0 Å². The fourth-order valence-corrected chi connectivity index (χ4v) is 3.29.